The fourth-order valence-electron chi connectivity index (χ4n) is 3.31. The van der Waals surface area contributed by atoms with Crippen LogP contribution in [0.5, 0.6) is 0 Å². The van der Waals surface area contributed by atoms with Gasteiger partial charge in [0.05, 0.1) is 5.92 Å². The Morgan fingerprint density at radius 2 is 1.90 bits per heavy atom. The van der Waals surface area contributed by atoms with E-state index in [4.69, 9.17) is 0 Å². The predicted molar refractivity (Wildman–Crippen MR) is 72.3 cm³/mol. The van der Waals surface area contributed by atoms with Crippen molar-refractivity contribution in [2.45, 2.75) is 39.5 Å². The quantitative estimate of drug-likeness (QED) is 0.908. The number of carboxylic acids is 1. The van der Waals surface area contributed by atoms with Crippen LogP contribution in [-0.2, 0) is 11.2 Å². The number of benzene rings is 1. The minimum atomic E-state index is -0.803. The Morgan fingerprint density at radius 1 is 1.30 bits per heavy atom. The Morgan fingerprint density at radius 3 is 2.45 bits per heavy atom. The second-order valence-electron chi connectivity index (χ2n) is 6.59. The molecule has 1 saturated carbocycles. The Bertz CT molecular complexity index is 491. The van der Waals surface area contributed by atoms with Crippen molar-refractivity contribution in [3.05, 3.63) is 35.4 Å². The molecule has 1 aromatic rings. The van der Waals surface area contributed by atoms with E-state index < -0.39 is 23.5 Å². The van der Waals surface area contributed by atoms with Gasteiger partial charge in [-0.25, -0.2) is 8.78 Å². The Labute approximate surface area is 117 Å². The molecular formula is C16H20F2O2. The van der Waals surface area contributed by atoms with Gasteiger partial charge >= 0.3 is 5.97 Å². The minimum Gasteiger partial charge on any atom is -0.481 e. The van der Waals surface area contributed by atoms with Crippen molar-refractivity contribution < 1.29 is 18.7 Å². The Balaban J connectivity index is 2.20. The van der Waals surface area contributed by atoms with Crippen LogP contribution in [0, 0.1) is 28.9 Å². The summed E-state index contributed by atoms with van der Waals surface area (Å²) in [5, 5.41) is 9.32. The molecule has 1 aliphatic carbocycles. The highest BCUT2D eigenvalue weighted by Crippen LogP contribution is 2.43. The van der Waals surface area contributed by atoms with Crippen molar-refractivity contribution in [2.75, 3.05) is 0 Å². The van der Waals surface area contributed by atoms with Gasteiger partial charge in [0.15, 0.2) is 0 Å². The maximum Gasteiger partial charge on any atom is 0.306 e. The van der Waals surface area contributed by atoms with E-state index >= 15 is 0 Å². The lowest BCUT2D eigenvalue weighted by molar-refractivity contribution is -0.146. The van der Waals surface area contributed by atoms with Crippen LogP contribution in [0.3, 0.4) is 0 Å². The zero-order valence-corrected chi connectivity index (χ0v) is 11.8. The first-order valence-corrected chi connectivity index (χ1v) is 6.95. The van der Waals surface area contributed by atoms with E-state index in [1.807, 2.05) is 0 Å². The van der Waals surface area contributed by atoms with Crippen LogP contribution in [-0.4, -0.2) is 11.1 Å². The molecule has 0 aliphatic heterocycles. The van der Waals surface area contributed by atoms with Gasteiger partial charge in [0.25, 0.3) is 0 Å². The van der Waals surface area contributed by atoms with Gasteiger partial charge in [-0.05, 0) is 54.7 Å². The molecule has 1 N–H and O–H groups in total. The number of aliphatic carboxylic acids is 1. The van der Waals surface area contributed by atoms with E-state index in [0.717, 1.165) is 18.9 Å². The van der Waals surface area contributed by atoms with Gasteiger partial charge in [-0.3, -0.25) is 4.79 Å². The first kappa shape index (κ1) is 14.9. The van der Waals surface area contributed by atoms with Crippen LogP contribution >= 0.6 is 0 Å². The molecule has 0 aromatic heterocycles. The number of carbonyl (C=O) groups is 1. The lowest BCUT2D eigenvalue weighted by atomic mass is 9.65. The maximum atomic E-state index is 13.2. The van der Waals surface area contributed by atoms with Crippen LogP contribution < -0.4 is 0 Å². The van der Waals surface area contributed by atoms with E-state index in [1.165, 1.54) is 12.1 Å². The van der Waals surface area contributed by atoms with Crippen molar-refractivity contribution >= 4 is 5.97 Å². The molecule has 1 aliphatic rings. The van der Waals surface area contributed by atoms with Crippen LogP contribution in [0.2, 0.25) is 0 Å². The zero-order chi connectivity index (χ0) is 14.9. The number of hydrogen-bond acceptors (Lipinski definition) is 1. The molecule has 2 rings (SSSR count). The van der Waals surface area contributed by atoms with Gasteiger partial charge in [-0.2, -0.15) is 0 Å². The van der Waals surface area contributed by atoms with Gasteiger partial charge in [-0.15, -0.1) is 0 Å². The Kier molecular flexibility index (Phi) is 4.11. The summed E-state index contributed by atoms with van der Waals surface area (Å²) in [6.45, 7) is 4.23. The van der Waals surface area contributed by atoms with Gasteiger partial charge < -0.3 is 5.11 Å². The van der Waals surface area contributed by atoms with Gasteiger partial charge in [0.1, 0.15) is 11.6 Å². The van der Waals surface area contributed by atoms with E-state index in [1.54, 1.807) is 0 Å². The van der Waals surface area contributed by atoms with Crippen molar-refractivity contribution in [1.82, 2.24) is 0 Å². The minimum absolute atomic E-state index is 0.0718. The van der Waals surface area contributed by atoms with Gasteiger partial charge in [0, 0.05) is 6.07 Å². The average Bonchev–Trinajstić information content (AvgIpc) is 2.25. The van der Waals surface area contributed by atoms with E-state index in [2.05, 4.69) is 13.8 Å². The highest BCUT2D eigenvalue weighted by Gasteiger charge is 2.38. The standard InChI is InChI=1S/C16H20F2O2/c1-16(2)4-3-14(15(19)20)11(9-16)5-10-6-12(17)8-13(18)7-10/h6-8,11,14H,3-5,9H2,1-2H3,(H,19,20). The number of carboxylic acid groups (broad SMARTS) is 1. The molecule has 0 bridgehead atoms. The van der Waals surface area contributed by atoms with Crippen LogP contribution in [0.1, 0.15) is 38.7 Å². The molecule has 0 spiro atoms. The molecule has 1 fully saturated rings. The van der Waals surface area contributed by atoms with Crippen molar-refractivity contribution in [2.24, 2.45) is 17.3 Å². The summed E-state index contributed by atoms with van der Waals surface area (Å²) >= 11 is 0. The topological polar surface area (TPSA) is 37.3 Å². The highest BCUT2D eigenvalue weighted by molar-refractivity contribution is 5.70. The molecular weight excluding hydrogens is 262 g/mol. The number of rotatable bonds is 3. The summed E-state index contributed by atoms with van der Waals surface area (Å²) in [6.07, 6.45) is 2.68. The second kappa shape index (κ2) is 5.51. The summed E-state index contributed by atoms with van der Waals surface area (Å²) in [5.74, 6) is -2.52. The first-order valence-electron chi connectivity index (χ1n) is 6.95. The van der Waals surface area contributed by atoms with Crippen LogP contribution in [0.4, 0.5) is 8.78 Å². The number of halogens is 2. The van der Waals surface area contributed by atoms with Gasteiger partial charge in [0.2, 0.25) is 0 Å². The van der Waals surface area contributed by atoms with Gasteiger partial charge in [-0.1, -0.05) is 13.8 Å². The van der Waals surface area contributed by atoms with Crippen molar-refractivity contribution in [1.29, 1.82) is 0 Å². The molecule has 2 atom stereocenters. The maximum absolute atomic E-state index is 13.2. The molecule has 110 valence electrons. The fraction of sp³-hybridized carbons (Fsp3) is 0.562. The van der Waals surface area contributed by atoms with Crippen LogP contribution in [0.25, 0.3) is 0 Å². The Hall–Kier alpha value is -1.45. The molecule has 20 heavy (non-hydrogen) atoms. The summed E-state index contributed by atoms with van der Waals surface area (Å²) in [4.78, 5) is 11.4. The third kappa shape index (κ3) is 3.56. The normalized spacial score (nSPS) is 25.4. The highest BCUT2D eigenvalue weighted by atomic mass is 19.1. The molecule has 0 heterocycles. The van der Waals surface area contributed by atoms with E-state index in [-0.39, 0.29) is 11.3 Å². The largest absolute Gasteiger partial charge is 0.481 e. The summed E-state index contributed by atoms with van der Waals surface area (Å²) in [7, 11) is 0. The fourth-order valence-corrected chi connectivity index (χ4v) is 3.31. The smallest absolute Gasteiger partial charge is 0.306 e. The average molecular weight is 282 g/mol. The summed E-state index contributed by atoms with van der Waals surface area (Å²) in [5.41, 5.74) is 0.624. The van der Waals surface area contributed by atoms with Crippen molar-refractivity contribution in [3.8, 4) is 0 Å². The molecule has 2 nitrogen and oxygen atoms in total. The molecule has 0 amide bonds. The molecule has 0 saturated heterocycles. The molecule has 0 radical (unpaired) electrons. The van der Waals surface area contributed by atoms with Crippen LogP contribution in [0.15, 0.2) is 18.2 Å². The molecule has 4 heteroatoms. The predicted octanol–water partition coefficient (Wildman–Crippen LogP) is 4.03. The third-order valence-electron chi connectivity index (χ3n) is 4.25. The SMILES string of the molecule is CC1(C)CCC(C(=O)O)C(Cc2cc(F)cc(F)c2)C1. The van der Waals surface area contributed by atoms with E-state index in [0.29, 0.717) is 18.4 Å². The second-order valence-corrected chi connectivity index (χ2v) is 6.59. The lowest BCUT2D eigenvalue weighted by Gasteiger charge is -2.39. The number of hydrogen-bond donors (Lipinski definition) is 1. The van der Waals surface area contributed by atoms with E-state index in [9.17, 15) is 18.7 Å². The lowest BCUT2D eigenvalue weighted by Crippen LogP contribution is -2.35. The molecule has 1 aromatic carbocycles. The zero-order valence-electron chi connectivity index (χ0n) is 11.8. The summed E-state index contributed by atoms with van der Waals surface area (Å²) in [6, 6.07) is 3.43. The van der Waals surface area contributed by atoms with Crippen molar-refractivity contribution in [3.63, 3.8) is 0 Å². The first-order chi connectivity index (χ1) is 9.27. The monoisotopic (exact) mass is 282 g/mol. The summed E-state index contributed by atoms with van der Waals surface area (Å²) < 4.78 is 26.5. The third-order valence-corrected chi connectivity index (χ3v) is 4.25. The molecule has 2 unspecified atom stereocenters.